The molecule has 14 nitrogen and oxygen atoms in total. The zero-order chi connectivity index (χ0) is 41.4. The lowest BCUT2D eigenvalue weighted by Gasteiger charge is -2.39. The molecule has 58 heavy (non-hydrogen) atoms. The van der Waals surface area contributed by atoms with E-state index < -0.39 is 6.61 Å². The largest absolute Gasteiger partial charge is 0.387 e. The number of fused-ring (bicyclic) bond motifs is 2. The number of anilines is 1. The van der Waals surface area contributed by atoms with Crippen LogP contribution in [-0.4, -0.2) is 86.9 Å². The Labute approximate surface area is 348 Å². The third-order valence-corrected chi connectivity index (χ3v) is 11.3. The number of hydrogen-bond donors (Lipinski definition) is 1. The summed E-state index contributed by atoms with van der Waals surface area (Å²) >= 11 is 18.6. The number of aliphatic hydroxyl groups excluding tert-OH is 1. The fourth-order valence-corrected chi connectivity index (χ4v) is 7.63. The number of amides is 1. The highest BCUT2D eigenvalue weighted by Gasteiger charge is 2.28. The summed E-state index contributed by atoms with van der Waals surface area (Å²) in [7, 11) is 3.43. The minimum absolute atomic E-state index is 0.0109. The highest BCUT2D eigenvalue weighted by Crippen LogP contribution is 2.25. The van der Waals surface area contributed by atoms with Gasteiger partial charge in [-0.1, -0.05) is 70.2 Å². The number of carbonyl (C=O) groups is 1. The number of hydrogen-bond acceptors (Lipinski definition) is 9. The Balaban J connectivity index is 0.000000206. The quantitative estimate of drug-likeness (QED) is 0.202. The predicted octanol–water partition coefficient (Wildman–Crippen LogP) is 5.63. The van der Waals surface area contributed by atoms with Gasteiger partial charge in [-0.2, -0.15) is 0 Å². The molecule has 1 amide bonds. The lowest BCUT2D eigenvalue weighted by atomic mass is 10.1. The van der Waals surface area contributed by atoms with Gasteiger partial charge in [0.2, 0.25) is 11.9 Å². The van der Waals surface area contributed by atoms with Crippen LogP contribution in [0.15, 0.2) is 82.6 Å². The molecule has 1 fully saturated rings. The van der Waals surface area contributed by atoms with Crippen LogP contribution >= 0.6 is 34.8 Å². The van der Waals surface area contributed by atoms with Crippen LogP contribution in [0.5, 0.6) is 0 Å². The molecular formula is C41H41Cl3N10O4. The van der Waals surface area contributed by atoms with E-state index >= 15 is 0 Å². The number of nitrogens with zero attached hydrogens (tertiary/aromatic N) is 10. The van der Waals surface area contributed by atoms with E-state index in [0.29, 0.717) is 81.6 Å². The smallest absolute Gasteiger partial charge is 0.275 e. The lowest BCUT2D eigenvalue weighted by Crippen LogP contribution is -2.54. The van der Waals surface area contributed by atoms with Gasteiger partial charge in [0.15, 0.2) is 11.3 Å². The molecule has 1 aliphatic rings. The molecule has 1 atom stereocenters. The van der Waals surface area contributed by atoms with Gasteiger partial charge < -0.3 is 14.9 Å². The summed E-state index contributed by atoms with van der Waals surface area (Å²) in [5.41, 5.74) is 6.32. The second kappa shape index (κ2) is 16.7. The Kier molecular flexibility index (Phi) is 11.7. The molecule has 2 aromatic carbocycles. The van der Waals surface area contributed by atoms with Crippen molar-refractivity contribution in [3.63, 3.8) is 0 Å². The van der Waals surface area contributed by atoms with Gasteiger partial charge in [0.05, 0.1) is 29.6 Å². The van der Waals surface area contributed by atoms with Gasteiger partial charge >= 0.3 is 0 Å². The number of piperazine rings is 1. The minimum atomic E-state index is -0.484. The van der Waals surface area contributed by atoms with Crippen molar-refractivity contribution in [2.75, 3.05) is 31.1 Å². The summed E-state index contributed by atoms with van der Waals surface area (Å²) in [5, 5.41) is 11.9. The summed E-state index contributed by atoms with van der Waals surface area (Å²) in [6.45, 7) is 7.97. The maximum Gasteiger partial charge on any atom is 0.275 e. The van der Waals surface area contributed by atoms with E-state index in [9.17, 15) is 14.4 Å². The highest BCUT2D eigenvalue weighted by atomic mass is 35.5. The van der Waals surface area contributed by atoms with Gasteiger partial charge in [0, 0.05) is 67.8 Å². The molecule has 1 N–H and O–H groups in total. The summed E-state index contributed by atoms with van der Waals surface area (Å²) in [6, 6.07) is 18.5. The van der Waals surface area contributed by atoms with Crippen LogP contribution in [-0.2, 0) is 32.0 Å². The summed E-state index contributed by atoms with van der Waals surface area (Å²) in [5.74, 6) is 0.299. The van der Waals surface area contributed by atoms with Gasteiger partial charge in [0.25, 0.3) is 11.1 Å². The molecule has 0 radical (unpaired) electrons. The first kappa shape index (κ1) is 40.6. The summed E-state index contributed by atoms with van der Waals surface area (Å²) in [6.07, 6.45) is 3.44. The molecular weight excluding hydrogens is 803 g/mol. The minimum Gasteiger partial charge on any atom is -0.387 e. The number of carbonyl (C=O) groups excluding carboxylic acids is 1. The van der Waals surface area contributed by atoms with Crippen LogP contribution in [0.25, 0.3) is 33.3 Å². The Morgan fingerprint density at radius 3 is 1.83 bits per heavy atom. The molecule has 1 aliphatic heterocycles. The standard InChI is InChI=1S/C26H28ClN7O3.C15H13Cl2N3O/c1-16-4-6-21(27)18(10-16)14-34-24-20(25(37)31(34)3)5-7-22(30-24)19-11-28-26(29-12-19)33-9-8-32(13-17(33)2)23(36)15-35;1-9-3-5-12(16)10(7-9)8-20-14-11(15(21)19(20)2)4-6-13(17)18-14/h4-7,10-12,17,35H,8-9,13-15H2,1-3H3;3-7H,8H2,1-2H3/t17-;/m1./s1. The van der Waals surface area contributed by atoms with Gasteiger partial charge in [0.1, 0.15) is 11.8 Å². The molecule has 5 aromatic heterocycles. The zero-order valence-corrected chi connectivity index (χ0v) is 34.8. The van der Waals surface area contributed by atoms with Crippen molar-refractivity contribution >= 4 is 68.7 Å². The van der Waals surface area contributed by atoms with Gasteiger partial charge in [-0.3, -0.25) is 33.1 Å². The molecule has 0 bridgehead atoms. The van der Waals surface area contributed by atoms with Crippen molar-refractivity contribution < 1.29 is 9.90 Å². The number of aromatic nitrogens is 8. The Morgan fingerprint density at radius 2 is 1.29 bits per heavy atom. The first-order valence-corrected chi connectivity index (χ1v) is 19.6. The van der Waals surface area contributed by atoms with Crippen LogP contribution in [0, 0.1) is 13.8 Å². The first-order valence-electron chi connectivity index (χ1n) is 18.5. The van der Waals surface area contributed by atoms with E-state index in [1.165, 1.54) is 4.68 Å². The van der Waals surface area contributed by atoms with E-state index in [-0.39, 0.29) is 23.1 Å². The molecule has 0 saturated carbocycles. The van der Waals surface area contributed by atoms with Crippen LogP contribution < -0.4 is 16.0 Å². The SMILES string of the molecule is Cc1ccc(Cl)c(Cn2c3nc(-c4cnc(N5CCN(C(=O)CO)C[C@H]5C)nc4)ccc3c(=O)n2C)c1.Cc1ccc(Cl)c(Cn2c3nc(Cl)ccc3c(=O)n2C)c1. The number of pyridine rings is 2. The lowest BCUT2D eigenvalue weighted by molar-refractivity contribution is -0.134. The Bertz CT molecular complexity index is 2790. The highest BCUT2D eigenvalue weighted by molar-refractivity contribution is 6.31. The van der Waals surface area contributed by atoms with Gasteiger partial charge in [-0.05, 0) is 68.3 Å². The van der Waals surface area contributed by atoms with E-state index in [0.717, 1.165) is 27.8 Å². The van der Waals surface area contributed by atoms with Crippen molar-refractivity contribution in [2.45, 2.75) is 39.9 Å². The predicted molar refractivity (Wildman–Crippen MR) is 227 cm³/mol. The number of aryl methyl sites for hydroxylation is 2. The van der Waals surface area contributed by atoms with E-state index in [1.54, 1.807) is 65.0 Å². The van der Waals surface area contributed by atoms with Gasteiger partial charge in [-0.15, -0.1) is 0 Å². The van der Waals surface area contributed by atoms with Crippen molar-refractivity contribution in [1.29, 1.82) is 0 Å². The second-order valence-electron chi connectivity index (χ2n) is 14.3. The van der Waals surface area contributed by atoms with Crippen LogP contribution in [0.2, 0.25) is 15.2 Å². The normalized spacial score (nSPS) is 14.3. The van der Waals surface area contributed by atoms with Crippen LogP contribution in [0.1, 0.15) is 29.2 Å². The summed E-state index contributed by atoms with van der Waals surface area (Å²) < 4.78 is 6.70. The zero-order valence-electron chi connectivity index (χ0n) is 32.5. The van der Waals surface area contributed by atoms with Crippen molar-refractivity contribution in [3.8, 4) is 11.3 Å². The molecule has 6 heterocycles. The Morgan fingerprint density at radius 1 is 0.759 bits per heavy atom. The van der Waals surface area contributed by atoms with Crippen LogP contribution in [0.4, 0.5) is 5.95 Å². The summed E-state index contributed by atoms with van der Waals surface area (Å²) in [4.78, 5) is 58.8. The van der Waals surface area contributed by atoms with E-state index in [4.69, 9.17) is 44.9 Å². The molecule has 17 heteroatoms. The van der Waals surface area contributed by atoms with Crippen molar-refractivity contribution in [3.05, 3.63) is 131 Å². The molecule has 0 spiro atoms. The van der Waals surface area contributed by atoms with E-state index in [1.807, 2.05) is 66.8 Å². The van der Waals surface area contributed by atoms with E-state index in [2.05, 4.69) is 15.0 Å². The third kappa shape index (κ3) is 8.10. The Hall–Kier alpha value is -5.54. The number of aliphatic hydroxyl groups is 1. The molecule has 0 aliphatic carbocycles. The molecule has 7 aromatic rings. The maximum absolute atomic E-state index is 12.9. The average molecular weight is 844 g/mol. The molecule has 300 valence electrons. The second-order valence-corrected chi connectivity index (χ2v) is 15.5. The average Bonchev–Trinajstić information content (AvgIpc) is 3.59. The monoisotopic (exact) mass is 842 g/mol. The first-order chi connectivity index (χ1) is 27.7. The maximum atomic E-state index is 12.9. The van der Waals surface area contributed by atoms with Crippen LogP contribution in [0.3, 0.4) is 0 Å². The fourth-order valence-electron chi connectivity index (χ4n) is 7.13. The molecule has 8 rings (SSSR count). The third-order valence-electron chi connectivity index (χ3n) is 10.3. The number of benzene rings is 2. The van der Waals surface area contributed by atoms with Crippen molar-refractivity contribution in [1.82, 2.24) is 43.6 Å². The number of rotatable bonds is 7. The molecule has 1 saturated heterocycles. The van der Waals surface area contributed by atoms with Crippen molar-refractivity contribution in [2.24, 2.45) is 14.1 Å². The topological polar surface area (TPSA) is 149 Å². The molecule has 0 unspecified atom stereocenters. The van der Waals surface area contributed by atoms with Gasteiger partial charge in [-0.25, -0.2) is 19.9 Å². The fraction of sp³-hybridized carbons (Fsp3) is 0.293. The number of halogens is 3.